The summed E-state index contributed by atoms with van der Waals surface area (Å²) in [6.45, 7) is 2.45. The van der Waals surface area contributed by atoms with E-state index in [2.05, 4.69) is 12.2 Å². The van der Waals surface area contributed by atoms with Crippen molar-refractivity contribution >= 4 is 0 Å². The van der Waals surface area contributed by atoms with Crippen LogP contribution in [0.25, 0.3) is 0 Å². The third-order valence-electron chi connectivity index (χ3n) is 3.40. The van der Waals surface area contributed by atoms with Crippen molar-refractivity contribution < 1.29 is 9.84 Å². The Bertz CT molecular complexity index is 164. The number of hydrogen-bond donors (Lipinski definition) is 2. The Labute approximate surface area is 93.2 Å². The van der Waals surface area contributed by atoms with E-state index < -0.39 is 0 Å². The number of hydrogen-bond acceptors (Lipinski definition) is 3. The molecule has 0 amide bonds. The number of rotatable bonds is 6. The quantitative estimate of drug-likeness (QED) is 0.708. The molecule has 90 valence electrons. The average molecular weight is 215 g/mol. The fraction of sp³-hybridized carbons (Fsp3) is 1.00. The number of aliphatic hydroxyl groups excluding tert-OH is 1. The van der Waals surface area contributed by atoms with E-state index in [-0.39, 0.29) is 6.61 Å². The predicted molar refractivity (Wildman–Crippen MR) is 62.0 cm³/mol. The number of ether oxygens (including phenoxy) is 1. The zero-order valence-corrected chi connectivity index (χ0v) is 10.0. The lowest BCUT2D eigenvalue weighted by Crippen LogP contribution is -2.42. The Morgan fingerprint density at radius 1 is 1.47 bits per heavy atom. The van der Waals surface area contributed by atoms with Crippen LogP contribution in [0.4, 0.5) is 0 Å². The maximum absolute atomic E-state index is 8.93. The Morgan fingerprint density at radius 3 is 2.87 bits per heavy atom. The monoisotopic (exact) mass is 215 g/mol. The molecular weight excluding hydrogens is 190 g/mol. The van der Waals surface area contributed by atoms with Gasteiger partial charge in [0.15, 0.2) is 0 Å². The summed E-state index contributed by atoms with van der Waals surface area (Å²) in [6.07, 6.45) is 7.22. The zero-order chi connectivity index (χ0) is 11.1. The highest BCUT2D eigenvalue weighted by Gasteiger charge is 2.22. The van der Waals surface area contributed by atoms with Gasteiger partial charge in [0.1, 0.15) is 0 Å². The minimum absolute atomic E-state index is 0.284. The van der Waals surface area contributed by atoms with Crippen LogP contribution in [0.3, 0.4) is 0 Å². The first kappa shape index (κ1) is 12.9. The molecule has 0 aromatic rings. The topological polar surface area (TPSA) is 41.5 Å². The SMILES string of the molecule is CCC(CCO)NC1CCCC(OC)C1. The van der Waals surface area contributed by atoms with Gasteiger partial charge in [0.2, 0.25) is 0 Å². The average Bonchev–Trinajstić information content (AvgIpc) is 2.29. The summed E-state index contributed by atoms with van der Waals surface area (Å²) in [7, 11) is 1.80. The van der Waals surface area contributed by atoms with Crippen LogP contribution >= 0.6 is 0 Å². The Morgan fingerprint density at radius 2 is 2.27 bits per heavy atom. The molecule has 3 atom stereocenters. The van der Waals surface area contributed by atoms with E-state index in [0.29, 0.717) is 18.2 Å². The zero-order valence-electron chi connectivity index (χ0n) is 10.0. The van der Waals surface area contributed by atoms with E-state index in [1.165, 1.54) is 19.3 Å². The number of aliphatic hydroxyl groups is 1. The van der Waals surface area contributed by atoms with E-state index >= 15 is 0 Å². The molecule has 15 heavy (non-hydrogen) atoms. The summed E-state index contributed by atoms with van der Waals surface area (Å²) in [5.74, 6) is 0. The maximum Gasteiger partial charge on any atom is 0.0586 e. The normalized spacial score (nSPS) is 29.0. The Balaban J connectivity index is 2.29. The van der Waals surface area contributed by atoms with Crippen molar-refractivity contribution in [2.75, 3.05) is 13.7 Å². The lowest BCUT2D eigenvalue weighted by Gasteiger charge is -2.31. The first-order chi connectivity index (χ1) is 7.30. The third kappa shape index (κ3) is 4.49. The highest BCUT2D eigenvalue weighted by Crippen LogP contribution is 2.21. The molecule has 0 aromatic heterocycles. The molecule has 1 rings (SSSR count). The van der Waals surface area contributed by atoms with Crippen molar-refractivity contribution in [1.29, 1.82) is 0 Å². The summed E-state index contributed by atoms with van der Waals surface area (Å²) in [5, 5.41) is 12.6. The molecule has 1 aliphatic carbocycles. The lowest BCUT2D eigenvalue weighted by molar-refractivity contribution is 0.0561. The smallest absolute Gasteiger partial charge is 0.0586 e. The maximum atomic E-state index is 8.93. The van der Waals surface area contributed by atoms with Crippen LogP contribution < -0.4 is 5.32 Å². The summed E-state index contributed by atoms with van der Waals surface area (Å²) >= 11 is 0. The Kier molecular flexibility index (Phi) is 6.22. The van der Waals surface area contributed by atoms with Crippen LogP contribution in [0.5, 0.6) is 0 Å². The molecule has 0 spiro atoms. The molecule has 0 bridgehead atoms. The molecule has 1 fully saturated rings. The lowest BCUT2D eigenvalue weighted by atomic mass is 9.92. The van der Waals surface area contributed by atoms with Crippen molar-refractivity contribution in [2.24, 2.45) is 0 Å². The molecule has 1 saturated carbocycles. The Hall–Kier alpha value is -0.120. The molecular formula is C12H25NO2. The molecule has 0 aliphatic heterocycles. The van der Waals surface area contributed by atoms with E-state index in [1.807, 2.05) is 0 Å². The fourth-order valence-corrected chi connectivity index (χ4v) is 2.40. The summed E-state index contributed by atoms with van der Waals surface area (Å²) in [5.41, 5.74) is 0. The second-order valence-electron chi connectivity index (χ2n) is 4.51. The highest BCUT2D eigenvalue weighted by atomic mass is 16.5. The van der Waals surface area contributed by atoms with Crippen molar-refractivity contribution in [1.82, 2.24) is 5.32 Å². The van der Waals surface area contributed by atoms with Gasteiger partial charge in [0.05, 0.1) is 6.10 Å². The van der Waals surface area contributed by atoms with Gasteiger partial charge >= 0.3 is 0 Å². The number of nitrogens with one attached hydrogen (secondary N) is 1. The van der Waals surface area contributed by atoms with E-state index in [0.717, 1.165) is 19.3 Å². The third-order valence-corrected chi connectivity index (χ3v) is 3.40. The largest absolute Gasteiger partial charge is 0.396 e. The van der Waals surface area contributed by atoms with Gasteiger partial charge in [-0.05, 0) is 38.5 Å². The molecule has 3 unspecified atom stereocenters. The highest BCUT2D eigenvalue weighted by molar-refractivity contribution is 4.81. The fourth-order valence-electron chi connectivity index (χ4n) is 2.40. The molecule has 1 aliphatic rings. The minimum Gasteiger partial charge on any atom is -0.396 e. The first-order valence-electron chi connectivity index (χ1n) is 6.19. The van der Waals surface area contributed by atoms with Gasteiger partial charge in [-0.3, -0.25) is 0 Å². The van der Waals surface area contributed by atoms with Gasteiger partial charge in [-0.15, -0.1) is 0 Å². The standard InChI is InChI=1S/C12H25NO2/c1-3-10(7-8-14)13-11-5-4-6-12(9-11)15-2/h10-14H,3-9H2,1-2H3. The van der Waals surface area contributed by atoms with Gasteiger partial charge in [-0.1, -0.05) is 6.92 Å². The second-order valence-corrected chi connectivity index (χ2v) is 4.51. The first-order valence-corrected chi connectivity index (χ1v) is 6.19. The molecule has 0 heterocycles. The van der Waals surface area contributed by atoms with Crippen LogP contribution in [0.2, 0.25) is 0 Å². The van der Waals surface area contributed by atoms with Crippen molar-refractivity contribution in [3.8, 4) is 0 Å². The van der Waals surface area contributed by atoms with Crippen LogP contribution in [-0.2, 0) is 4.74 Å². The van der Waals surface area contributed by atoms with E-state index in [4.69, 9.17) is 9.84 Å². The van der Waals surface area contributed by atoms with Gasteiger partial charge in [-0.25, -0.2) is 0 Å². The molecule has 3 heteroatoms. The van der Waals surface area contributed by atoms with Gasteiger partial charge < -0.3 is 15.2 Å². The van der Waals surface area contributed by atoms with Crippen LogP contribution in [-0.4, -0.2) is 37.0 Å². The summed E-state index contributed by atoms with van der Waals surface area (Å²) in [6, 6.07) is 1.05. The van der Waals surface area contributed by atoms with Crippen molar-refractivity contribution in [2.45, 2.75) is 63.6 Å². The van der Waals surface area contributed by atoms with Crippen molar-refractivity contribution in [3.05, 3.63) is 0 Å². The number of methoxy groups -OCH3 is 1. The second kappa shape index (κ2) is 7.20. The van der Waals surface area contributed by atoms with Crippen LogP contribution in [0, 0.1) is 0 Å². The van der Waals surface area contributed by atoms with Gasteiger partial charge in [0, 0.05) is 25.8 Å². The molecule has 3 nitrogen and oxygen atoms in total. The summed E-state index contributed by atoms with van der Waals surface area (Å²) < 4.78 is 5.41. The molecule has 0 aromatic carbocycles. The van der Waals surface area contributed by atoms with Crippen LogP contribution in [0.1, 0.15) is 45.4 Å². The van der Waals surface area contributed by atoms with Gasteiger partial charge in [-0.2, -0.15) is 0 Å². The van der Waals surface area contributed by atoms with Crippen LogP contribution in [0.15, 0.2) is 0 Å². The minimum atomic E-state index is 0.284. The molecule has 0 radical (unpaired) electrons. The molecule has 2 N–H and O–H groups in total. The van der Waals surface area contributed by atoms with Crippen molar-refractivity contribution in [3.63, 3.8) is 0 Å². The van der Waals surface area contributed by atoms with E-state index in [1.54, 1.807) is 7.11 Å². The summed E-state index contributed by atoms with van der Waals surface area (Å²) in [4.78, 5) is 0. The van der Waals surface area contributed by atoms with E-state index in [9.17, 15) is 0 Å². The molecule has 0 saturated heterocycles. The predicted octanol–water partition coefficient (Wildman–Crippen LogP) is 1.69. The van der Waals surface area contributed by atoms with Gasteiger partial charge in [0.25, 0.3) is 0 Å².